The lowest BCUT2D eigenvalue weighted by Crippen LogP contribution is -2.22. The van der Waals surface area contributed by atoms with Gasteiger partial charge < -0.3 is 10.1 Å². The molecule has 1 aromatic heterocycles. The molecule has 0 saturated carbocycles. The number of pyridine rings is 1. The monoisotopic (exact) mass is 226 g/mol. The van der Waals surface area contributed by atoms with E-state index in [1.165, 1.54) is 12.0 Å². The molecule has 0 bridgehead atoms. The SMILES string of the molecule is Clc1ccc(CNCC2CCOC2)cn1. The average Bonchev–Trinajstić information content (AvgIpc) is 2.74. The lowest BCUT2D eigenvalue weighted by atomic mass is 10.1. The number of ether oxygens (including phenoxy) is 1. The Hall–Kier alpha value is -0.640. The first-order valence-electron chi connectivity index (χ1n) is 5.23. The van der Waals surface area contributed by atoms with Crippen molar-refractivity contribution in [3.05, 3.63) is 29.0 Å². The molecule has 2 rings (SSSR count). The first kappa shape index (κ1) is 10.9. The summed E-state index contributed by atoms with van der Waals surface area (Å²) in [5, 5.41) is 3.94. The number of nitrogens with one attached hydrogen (secondary N) is 1. The molecule has 3 nitrogen and oxygen atoms in total. The fourth-order valence-electron chi connectivity index (χ4n) is 1.68. The molecule has 0 radical (unpaired) electrons. The maximum atomic E-state index is 5.70. The zero-order valence-electron chi connectivity index (χ0n) is 8.58. The number of halogens is 1. The van der Waals surface area contributed by atoms with Gasteiger partial charge in [-0.25, -0.2) is 4.98 Å². The normalized spacial score (nSPS) is 20.7. The summed E-state index contributed by atoms with van der Waals surface area (Å²) in [6.45, 7) is 3.67. The van der Waals surface area contributed by atoms with Gasteiger partial charge in [-0.2, -0.15) is 0 Å². The van der Waals surface area contributed by atoms with E-state index >= 15 is 0 Å². The maximum Gasteiger partial charge on any atom is 0.129 e. The Labute approximate surface area is 94.8 Å². The van der Waals surface area contributed by atoms with Crippen molar-refractivity contribution in [1.29, 1.82) is 0 Å². The number of rotatable bonds is 4. The van der Waals surface area contributed by atoms with Crippen LogP contribution in [-0.2, 0) is 11.3 Å². The van der Waals surface area contributed by atoms with Crippen molar-refractivity contribution < 1.29 is 4.74 Å². The molecule has 15 heavy (non-hydrogen) atoms. The van der Waals surface area contributed by atoms with Crippen LogP contribution in [0.3, 0.4) is 0 Å². The molecule has 1 N–H and O–H groups in total. The number of aromatic nitrogens is 1. The van der Waals surface area contributed by atoms with Gasteiger partial charge in [0.05, 0.1) is 6.61 Å². The summed E-state index contributed by atoms with van der Waals surface area (Å²) >= 11 is 5.70. The van der Waals surface area contributed by atoms with E-state index in [-0.39, 0.29) is 0 Å². The zero-order valence-corrected chi connectivity index (χ0v) is 9.33. The molecule has 0 spiro atoms. The van der Waals surface area contributed by atoms with Gasteiger partial charge in [0.15, 0.2) is 0 Å². The largest absolute Gasteiger partial charge is 0.381 e. The van der Waals surface area contributed by atoms with E-state index < -0.39 is 0 Å². The molecule has 2 heterocycles. The third kappa shape index (κ3) is 3.45. The van der Waals surface area contributed by atoms with Crippen molar-refractivity contribution in [2.75, 3.05) is 19.8 Å². The van der Waals surface area contributed by atoms with Crippen molar-refractivity contribution in [2.24, 2.45) is 5.92 Å². The summed E-state index contributed by atoms with van der Waals surface area (Å²) in [4.78, 5) is 4.03. The Morgan fingerprint density at radius 3 is 3.13 bits per heavy atom. The molecule has 0 aromatic carbocycles. The minimum absolute atomic E-state index is 0.544. The topological polar surface area (TPSA) is 34.1 Å². The molecule has 1 unspecified atom stereocenters. The van der Waals surface area contributed by atoms with Crippen molar-refractivity contribution in [1.82, 2.24) is 10.3 Å². The second-order valence-corrected chi connectivity index (χ2v) is 4.24. The van der Waals surface area contributed by atoms with Crippen LogP contribution in [0.5, 0.6) is 0 Å². The highest BCUT2D eigenvalue weighted by atomic mass is 35.5. The molecule has 4 heteroatoms. The fraction of sp³-hybridized carbons (Fsp3) is 0.545. The number of nitrogens with zero attached hydrogens (tertiary/aromatic N) is 1. The molecule has 1 aliphatic rings. The van der Waals surface area contributed by atoms with Crippen LogP contribution in [0.2, 0.25) is 5.15 Å². The van der Waals surface area contributed by atoms with Gasteiger partial charge in [-0.3, -0.25) is 0 Å². The third-order valence-electron chi connectivity index (χ3n) is 2.57. The minimum atomic E-state index is 0.544. The summed E-state index contributed by atoms with van der Waals surface area (Å²) in [5.74, 6) is 0.672. The van der Waals surface area contributed by atoms with Crippen LogP contribution < -0.4 is 5.32 Å². The van der Waals surface area contributed by atoms with E-state index in [1.54, 1.807) is 6.20 Å². The highest BCUT2D eigenvalue weighted by Crippen LogP contribution is 2.11. The van der Waals surface area contributed by atoms with E-state index in [0.29, 0.717) is 11.1 Å². The molecule has 1 aromatic rings. The van der Waals surface area contributed by atoms with E-state index in [0.717, 1.165) is 26.3 Å². The van der Waals surface area contributed by atoms with Gasteiger partial charge in [0.25, 0.3) is 0 Å². The maximum absolute atomic E-state index is 5.70. The summed E-state index contributed by atoms with van der Waals surface area (Å²) in [7, 11) is 0. The molecular weight excluding hydrogens is 212 g/mol. The van der Waals surface area contributed by atoms with Gasteiger partial charge in [0.1, 0.15) is 5.15 Å². The highest BCUT2D eigenvalue weighted by Gasteiger charge is 2.14. The molecule has 1 saturated heterocycles. The van der Waals surface area contributed by atoms with Gasteiger partial charge in [0.2, 0.25) is 0 Å². The zero-order chi connectivity index (χ0) is 10.5. The van der Waals surface area contributed by atoms with Gasteiger partial charge in [-0.05, 0) is 24.0 Å². The van der Waals surface area contributed by atoms with E-state index in [4.69, 9.17) is 16.3 Å². The molecule has 0 amide bonds. The van der Waals surface area contributed by atoms with Crippen molar-refractivity contribution in [3.63, 3.8) is 0 Å². The van der Waals surface area contributed by atoms with Crippen LogP contribution in [0.15, 0.2) is 18.3 Å². The van der Waals surface area contributed by atoms with Gasteiger partial charge in [-0.15, -0.1) is 0 Å². The van der Waals surface area contributed by atoms with Crippen molar-refractivity contribution >= 4 is 11.6 Å². The summed E-state index contributed by atoms with van der Waals surface area (Å²) < 4.78 is 5.31. The minimum Gasteiger partial charge on any atom is -0.381 e. The quantitative estimate of drug-likeness (QED) is 0.796. The predicted molar refractivity (Wildman–Crippen MR) is 59.9 cm³/mol. The lowest BCUT2D eigenvalue weighted by molar-refractivity contribution is 0.185. The Morgan fingerprint density at radius 2 is 2.47 bits per heavy atom. The molecule has 0 aliphatic carbocycles. The standard InChI is InChI=1S/C11H15ClN2O/c12-11-2-1-9(7-14-11)5-13-6-10-3-4-15-8-10/h1-2,7,10,13H,3-6,8H2. The molecule has 1 atom stereocenters. The predicted octanol–water partition coefficient (Wildman–Crippen LogP) is 1.86. The van der Waals surface area contributed by atoms with Crippen LogP contribution in [0, 0.1) is 5.92 Å². The smallest absolute Gasteiger partial charge is 0.129 e. The van der Waals surface area contributed by atoms with Gasteiger partial charge >= 0.3 is 0 Å². The lowest BCUT2D eigenvalue weighted by Gasteiger charge is -2.08. The van der Waals surface area contributed by atoms with Gasteiger partial charge in [0, 0.05) is 25.9 Å². The van der Waals surface area contributed by atoms with Crippen LogP contribution in [0.4, 0.5) is 0 Å². The summed E-state index contributed by atoms with van der Waals surface area (Å²) in [5.41, 5.74) is 1.17. The van der Waals surface area contributed by atoms with Crippen molar-refractivity contribution in [2.45, 2.75) is 13.0 Å². The number of hydrogen-bond acceptors (Lipinski definition) is 3. The Bertz CT molecular complexity index is 296. The van der Waals surface area contributed by atoms with Crippen LogP contribution in [0.25, 0.3) is 0 Å². The van der Waals surface area contributed by atoms with Crippen LogP contribution in [-0.4, -0.2) is 24.7 Å². The Balaban J connectivity index is 1.71. The van der Waals surface area contributed by atoms with Gasteiger partial charge in [-0.1, -0.05) is 17.7 Å². The molecule has 1 fully saturated rings. The van der Waals surface area contributed by atoms with Crippen molar-refractivity contribution in [3.8, 4) is 0 Å². The Morgan fingerprint density at radius 1 is 1.53 bits per heavy atom. The average molecular weight is 227 g/mol. The van der Waals surface area contributed by atoms with E-state index in [9.17, 15) is 0 Å². The Kier molecular flexibility index (Phi) is 3.94. The third-order valence-corrected chi connectivity index (χ3v) is 2.80. The van der Waals surface area contributed by atoms with Crippen LogP contribution in [0.1, 0.15) is 12.0 Å². The first-order valence-corrected chi connectivity index (χ1v) is 5.61. The first-order chi connectivity index (χ1) is 7.34. The second kappa shape index (κ2) is 5.45. The highest BCUT2D eigenvalue weighted by molar-refractivity contribution is 6.29. The van der Waals surface area contributed by atoms with Crippen LogP contribution >= 0.6 is 11.6 Å². The summed E-state index contributed by atoms with van der Waals surface area (Å²) in [6, 6.07) is 3.81. The van der Waals surface area contributed by atoms with E-state index in [1.807, 2.05) is 12.1 Å². The van der Waals surface area contributed by atoms with E-state index in [2.05, 4.69) is 10.3 Å². The molecular formula is C11H15ClN2O. The molecule has 1 aliphatic heterocycles. The molecule has 82 valence electrons. The second-order valence-electron chi connectivity index (χ2n) is 3.85. The number of hydrogen-bond donors (Lipinski definition) is 1. The fourth-order valence-corrected chi connectivity index (χ4v) is 1.79. The summed E-state index contributed by atoms with van der Waals surface area (Å²) in [6.07, 6.45) is 2.98.